The summed E-state index contributed by atoms with van der Waals surface area (Å²) in [5.41, 5.74) is 0. The summed E-state index contributed by atoms with van der Waals surface area (Å²) < 4.78 is 9.96. The molecule has 0 fully saturated rings. The monoisotopic (exact) mass is 259 g/mol. The standard InChI is InChI=1S/C11H21N3O2S/c1-15-8-3-4-10-13-14-11(17-10)5-6-12-7-9-16-2/h12H,3-9H2,1-2H3. The highest BCUT2D eigenvalue weighted by Gasteiger charge is 2.03. The second kappa shape index (κ2) is 9.47. The quantitative estimate of drug-likeness (QED) is 0.633. The predicted molar refractivity (Wildman–Crippen MR) is 68.6 cm³/mol. The smallest absolute Gasteiger partial charge is 0.118 e. The van der Waals surface area contributed by atoms with Crippen LogP contribution in [0.15, 0.2) is 0 Å². The summed E-state index contributed by atoms with van der Waals surface area (Å²) in [6.45, 7) is 3.35. The summed E-state index contributed by atoms with van der Waals surface area (Å²) in [4.78, 5) is 0. The van der Waals surface area contributed by atoms with Crippen molar-refractivity contribution in [1.82, 2.24) is 15.5 Å². The van der Waals surface area contributed by atoms with Crippen molar-refractivity contribution >= 4 is 11.3 Å². The number of hydrogen-bond donors (Lipinski definition) is 1. The fraction of sp³-hybridized carbons (Fsp3) is 0.818. The van der Waals surface area contributed by atoms with E-state index in [9.17, 15) is 0 Å². The highest BCUT2D eigenvalue weighted by molar-refractivity contribution is 7.11. The molecule has 1 aromatic rings. The molecule has 1 rings (SSSR count). The van der Waals surface area contributed by atoms with Crippen LogP contribution in [0, 0.1) is 0 Å². The predicted octanol–water partition coefficient (Wildman–Crippen LogP) is 0.896. The Balaban J connectivity index is 2.12. The van der Waals surface area contributed by atoms with E-state index >= 15 is 0 Å². The van der Waals surface area contributed by atoms with E-state index in [2.05, 4.69) is 15.5 Å². The minimum absolute atomic E-state index is 0.748. The molecule has 0 radical (unpaired) electrons. The maximum absolute atomic E-state index is 5.01. The lowest BCUT2D eigenvalue weighted by atomic mass is 10.3. The molecule has 0 atom stereocenters. The molecule has 0 aliphatic rings. The van der Waals surface area contributed by atoms with E-state index in [1.54, 1.807) is 25.6 Å². The molecule has 0 aliphatic carbocycles. The van der Waals surface area contributed by atoms with Crippen LogP contribution in [-0.2, 0) is 22.3 Å². The number of ether oxygens (including phenoxy) is 2. The molecular weight excluding hydrogens is 238 g/mol. The van der Waals surface area contributed by atoms with Gasteiger partial charge in [-0.2, -0.15) is 0 Å². The molecule has 0 bridgehead atoms. The summed E-state index contributed by atoms with van der Waals surface area (Å²) in [7, 11) is 3.43. The first kappa shape index (κ1) is 14.5. The largest absolute Gasteiger partial charge is 0.385 e. The van der Waals surface area contributed by atoms with Crippen LogP contribution < -0.4 is 5.32 Å². The van der Waals surface area contributed by atoms with E-state index in [-0.39, 0.29) is 0 Å². The number of nitrogens with zero attached hydrogens (tertiary/aromatic N) is 2. The van der Waals surface area contributed by atoms with Crippen LogP contribution >= 0.6 is 11.3 Å². The molecule has 5 nitrogen and oxygen atoms in total. The minimum Gasteiger partial charge on any atom is -0.385 e. The Kier molecular flexibility index (Phi) is 8.08. The van der Waals surface area contributed by atoms with E-state index < -0.39 is 0 Å². The van der Waals surface area contributed by atoms with Crippen molar-refractivity contribution < 1.29 is 9.47 Å². The lowest BCUT2D eigenvalue weighted by Gasteiger charge is -2.00. The first-order valence-electron chi connectivity index (χ1n) is 5.86. The summed E-state index contributed by atoms with van der Waals surface area (Å²) in [5.74, 6) is 0. The number of nitrogens with one attached hydrogen (secondary N) is 1. The summed E-state index contributed by atoms with van der Waals surface area (Å²) in [6, 6.07) is 0. The highest BCUT2D eigenvalue weighted by atomic mass is 32.1. The molecule has 0 aromatic carbocycles. The van der Waals surface area contributed by atoms with Gasteiger partial charge in [0.05, 0.1) is 6.61 Å². The van der Waals surface area contributed by atoms with Gasteiger partial charge in [0.25, 0.3) is 0 Å². The zero-order valence-electron chi connectivity index (χ0n) is 10.6. The van der Waals surface area contributed by atoms with Gasteiger partial charge in [0, 0.05) is 46.8 Å². The average molecular weight is 259 g/mol. The van der Waals surface area contributed by atoms with Crippen LogP contribution in [0.5, 0.6) is 0 Å². The van der Waals surface area contributed by atoms with Crippen molar-refractivity contribution in [2.75, 3.05) is 40.5 Å². The van der Waals surface area contributed by atoms with Gasteiger partial charge in [0.1, 0.15) is 10.0 Å². The number of hydrogen-bond acceptors (Lipinski definition) is 6. The Hall–Kier alpha value is -0.560. The Morgan fingerprint density at radius 2 is 1.71 bits per heavy atom. The van der Waals surface area contributed by atoms with Crippen molar-refractivity contribution in [2.24, 2.45) is 0 Å². The topological polar surface area (TPSA) is 56.3 Å². The first-order chi connectivity index (χ1) is 8.36. The normalized spacial score (nSPS) is 10.9. The van der Waals surface area contributed by atoms with Crippen molar-refractivity contribution in [3.63, 3.8) is 0 Å². The van der Waals surface area contributed by atoms with E-state index in [4.69, 9.17) is 9.47 Å². The summed E-state index contributed by atoms with van der Waals surface area (Å²) in [6.07, 6.45) is 2.91. The molecular formula is C11H21N3O2S. The van der Waals surface area contributed by atoms with Crippen LogP contribution in [0.1, 0.15) is 16.4 Å². The molecule has 17 heavy (non-hydrogen) atoms. The lowest BCUT2D eigenvalue weighted by Crippen LogP contribution is -2.21. The second-order valence-electron chi connectivity index (χ2n) is 3.68. The number of aromatic nitrogens is 2. The Morgan fingerprint density at radius 3 is 2.41 bits per heavy atom. The van der Waals surface area contributed by atoms with E-state index in [0.717, 1.165) is 55.6 Å². The van der Waals surface area contributed by atoms with Crippen molar-refractivity contribution in [3.8, 4) is 0 Å². The van der Waals surface area contributed by atoms with Gasteiger partial charge in [0.2, 0.25) is 0 Å². The molecule has 98 valence electrons. The van der Waals surface area contributed by atoms with Gasteiger partial charge in [-0.05, 0) is 6.42 Å². The van der Waals surface area contributed by atoms with E-state index in [1.165, 1.54) is 0 Å². The first-order valence-corrected chi connectivity index (χ1v) is 6.68. The fourth-order valence-electron chi connectivity index (χ4n) is 1.35. The van der Waals surface area contributed by atoms with Crippen molar-refractivity contribution in [2.45, 2.75) is 19.3 Å². The fourth-order valence-corrected chi connectivity index (χ4v) is 2.24. The van der Waals surface area contributed by atoms with E-state index in [0.29, 0.717) is 0 Å². The Labute approximate surface area is 107 Å². The van der Waals surface area contributed by atoms with Crippen LogP contribution in [0.25, 0.3) is 0 Å². The van der Waals surface area contributed by atoms with Gasteiger partial charge in [-0.3, -0.25) is 0 Å². The third-order valence-corrected chi connectivity index (χ3v) is 3.29. The number of aryl methyl sites for hydroxylation is 1. The molecule has 0 unspecified atom stereocenters. The van der Waals surface area contributed by atoms with E-state index in [1.807, 2.05) is 0 Å². The van der Waals surface area contributed by atoms with Gasteiger partial charge in [0.15, 0.2) is 0 Å². The van der Waals surface area contributed by atoms with Gasteiger partial charge in [-0.25, -0.2) is 0 Å². The van der Waals surface area contributed by atoms with Gasteiger partial charge in [-0.15, -0.1) is 21.5 Å². The summed E-state index contributed by atoms with van der Waals surface area (Å²) >= 11 is 1.70. The van der Waals surface area contributed by atoms with Crippen LogP contribution in [-0.4, -0.2) is 50.7 Å². The van der Waals surface area contributed by atoms with Crippen molar-refractivity contribution in [3.05, 3.63) is 10.0 Å². The SMILES string of the molecule is COCCCc1nnc(CCNCCOC)s1. The molecule has 0 spiro atoms. The minimum atomic E-state index is 0.748. The second-order valence-corrected chi connectivity index (χ2v) is 4.83. The average Bonchev–Trinajstić information content (AvgIpc) is 2.77. The molecule has 0 amide bonds. The molecule has 0 saturated carbocycles. The van der Waals surface area contributed by atoms with Crippen molar-refractivity contribution in [1.29, 1.82) is 0 Å². The molecule has 1 heterocycles. The number of methoxy groups -OCH3 is 2. The summed E-state index contributed by atoms with van der Waals surface area (Å²) in [5, 5.41) is 13.8. The van der Waals surface area contributed by atoms with Gasteiger partial charge in [-0.1, -0.05) is 0 Å². The third kappa shape index (κ3) is 6.68. The Bertz CT molecular complexity index is 294. The van der Waals surface area contributed by atoms with Crippen LogP contribution in [0.4, 0.5) is 0 Å². The van der Waals surface area contributed by atoms with Gasteiger partial charge >= 0.3 is 0 Å². The molecule has 0 aliphatic heterocycles. The molecule has 0 saturated heterocycles. The highest BCUT2D eigenvalue weighted by Crippen LogP contribution is 2.11. The molecule has 1 N–H and O–H groups in total. The lowest BCUT2D eigenvalue weighted by molar-refractivity contribution is 0.195. The maximum Gasteiger partial charge on any atom is 0.118 e. The van der Waals surface area contributed by atoms with Crippen LogP contribution in [0.3, 0.4) is 0 Å². The third-order valence-electron chi connectivity index (χ3n) is 2.25. The molecule has 1 aromatic heterocycles. The molecule has 6 heteroatoms. The maximum atomic E-state index is 5.01. The van der Waals surface area contributed by atoms with Crippen LogP contribution in [0.2, 0.25) is 0 Å². The van der Waals surface area contributed by atoms with Gasteiger partial charge < -0.3 is 14.8 Å². The Morgan fingerprint density at radius 1 is 1.00 bits per heavy atom. The zero-order chi connectivity index (χ0) is 12.3. The number of rotatable bonds is 10. The zero-order valence-corrected chi connectivity index (χ0v) is 11.4.